The minimum absolute atomic E-state index is 0. The van der Waals surface area contributed by atoms with E-state index in [1.165, 1.54) is 0 Å². The van der Waals surface area contributed by atoms with Crippen LogP contribution in [-0.2, 0) is 19.1 Å². The number of hydrogen-bond donors (Lipinski definition) is 0. The van der Waals surface area contributed by atoms with Gasteiger partial charge < -0.3 is 24.9 Å². The molecule has 6 aliphatic rings. The van der Waals surface area contributed by atoms with Gasteiger partial charge in [-0.3, -0.25) is 11.1 Å². The average molecular weight is 656 g/mol. The van der Waals surface area contributed by atoms with Crippen molar-refractivity contribution in [1.82, 2.24) is 0 Å². The van der Waals surface area contributed by atoms with E-state index in [2.05, 4.69) is 54.4 Å². The second-order valence-corrected chi connectivity index (χ2v) is 18.2. The third-order valence-corrected chi connectivity index (χ3v) is 16.4. The summed E-state index contributed by atoms with van der Waals surface area (Å²) in [6.45, 7) is 22.8. The number of allylic oxidation sites excluding steroid dienone is 1. The maximum atomic E-state index is 13.4. The number of esters is 1. The number of aliphatic carboxylic acids is 1. The van der Waals surface area contributed by atoms with Gasteiger partial charge in [0.15, 0.2) is 0 Å². The van der Waals surface area contributed by atoms with Gasteiger partial charge in [0.2, 0.25) is 0 Å². The Labute approximate surface area is 322 Å². The Morgan fingerprint density at radius 3 is 2.02 bits per heavy atom. The monoisotopic (exact) mass is 655 g/mol. The zero-order valence-electron chi connectivity index (χ0n) is 30.6. The van der Waals surface area contributed by atoms with Crippen LogP contribution in [0.25, 0.3) is 0 Å². The van der Waals surface area contributed by atoms with Crippen molar-refractivity contribution < 1.29 is 88.8 Å². The van der Waals surface area contributed by atoms with Crippen LogP contribution in [0.4, 0.5) is 0 Å². The molecule has 248 valence electrons. The number of carbonyl (C=O) groups excluding carboxylic acids is 3. The summed E-state index contributed by atoms with van der Waals surface area (Å²) in [5.41, 5.74) is 0.300. The van der Waals surface area contributed by atoms with Gasteiger partial charge in [0, 0.05) is 16.8 Å². The van der Waals surface area contributed by atoms with Gasteiger partial charge in [-0.1, -0.05) is 67.0 Å². The largest absolute Gasteiger partial charge is 1.00 e. The standard InChI is InChI=1S/C38H57O5.2Na.H2O/c1-22(2)24-12-17-38(32(41)42)19-18-36(8)25(30(24)38)10-11-28-35(7)15-14-29(34(5,6)27(35)13-16-37(28,36)9)43-31(40)26-20-23(21-39)33(26,3)4;;;/h23-30H,1,10-20H2,2-9H3,(H,41,42);;;1H2/q-1;2*+1;/p-2/t23?,24-,25?,26?,27?,28?,29-,30?,35-,36+,37+,38-;;;/m0.../s1. The fraction of sp³-hybridized carbons (Fsp3) is 0.868. The Kier molecular flexibility index (Phi) is 11.6. The van der Waals surface area contributed by atoms with Gasteiger partial charge in [-0.2, -0.15) is 0 Å². The predicted octanol–water partition coefficient (Wildman–Crippen LogP) is 0.909. The van der Waals surface area contributed by atoms with Crippen LogP contribution in [0.5, 0.6) is 0 Å². The second kappa shape index (κ2) is 13.1. The first-order valence-corrected chi connectivity index (χ1v) is 17.4. The maximum absolute atomic E-state index is 13.4. The minimum atomic E-state index is -0.814. The van der Waals surface area contributed by atoms with Crippen molar-refractivity contribution in [2.24, 2.45) is 73.9 Å². The molecule has 6 unspecified atom stereocenters. The van der Waals surface area contributed by atoms with E-state index in [9.17, 15) is 19.5 Å². The van der Waals surface area contributed by atoms with E-state index < -0.39 is 11.4 Å². The van der Waals surface area contributed by atoms with Crippen molar-refractivity contribution in [3.05, 3.63) is 12.2 Å². The van der Waals surface area contributed by atoms with E-state index in [0.29, 0.717) is 24.2 Å². The van der Waals surface area contributed by atoms with Crippen molar-refractivity contribution >= 4 is 18.2 Å². The molecule has 6 nitrogen and oxygen atoms in total. The van der Waals surface area contributed by atoms with E-state index in [1.54, 1.807) is 0 Å². The molecule has 0 aromatic carbocycles. The molecule has 0 radical (unpaired) electrons. The fourth-order valence-corrected chi connectivity index (χ4v) is 13.4. The van der Waals surface area contributed by atoms with Gasteiger partial charge >= 0.3 is 65.1 Å². The van der Waals surface area contributed by atoms with Gasteiger partial charge in [0.1, 0.15) is 6.10 Å². The molecule has 1 N–H and O–H groups in total. The molecule has 0 aromatic rings. The molecular formula is C38H57Na2O6-. The molecule has 0 bridgehead atoms. The number of fused-ring (bicyclic) bond motifs is 7. The molecule has 0 saturated heterocycles. The van der Waals surface area contributed by atoms with Gasteiger partial charge in [0.25, 0.3) is 0 Å². The Morgan fingerprint density at radius 1 is 0.804 bits per heavy atom. The van der Waals surface area contributed by atoms with Crippen LogP contribution in [0.2, 0.25) is 0 Å². The molecule has 0 aliphatic heterocycles. The predicted molar refractivity (Wildman–Crippen MR) is 167 cm³/mol. The van der Waals surface area contributed by atoms with Gasteiger partial charge in [0.05, 0.1) is 5.92 Å². The summed E-state index contributed by atoms with van der Waals surface area (Å²) in [7, 11) is 0. The number of carboxylic acids is 1. The zero-order chi connectivity index (χ0) is 31.5. The molecule has 6 rings (SSSR count). The molecular weight excluding hydrogens is 598 g/mol. The molecule has 0 heterocycles. The van der Waals surface area contributed by atoms with E-state index in [1.807, 2.05) is 13.8 Å². The fourth-order valence-electron chi connectivity index (χ4n) is 13.4. The van der Waals surface area contributed by atoms with Crippen LogP contribution < -0.4 is 64.2 Å². The molecule has 6 fully saturated rings. The Morgan fingerprint density at radius 2 is 1.46 bits per heavy atom. The molecule has 0 aromatic heterocycles. The summed E-state index contributed by atoms with van der Waals surface area (Å²) in [6.07, 6.45) is 12.4. The summed E-state index contributed by atoms with van der Waals surface area (Å²) in [5.74, 6) is 0.447. The molecule has 46 heavy (non-hydrogen) atoms. The number of rotatable bonds is 5. The molecule has 8 heteroatoms. The van der Waals surface area contributed by atoms with E-state index in [4.69, 9.17) is 4.74 Å². The Bertz CT molecular complexity index is 1230. The van der Waals surface area contributed by atoms with Crippen LogP contribution in [0.3, 0.4) is 0 Å². The summed E-state index contributed by atoms with van der Waals surface area (Å²) >= 11 is 0. The summed E-state index contributed by atoms with van der Waals surface area (Å²) in [6, 6.07) is 0. The zero-order valence-corrected chi connectivity index (χ0v) is 34.6. The second-order valence-electron chi connectivity index (χ2n) is 18.2. The summed E-state index contributed by atoms with van der Waals surface area (Å²) < 4.78 is 6.38. The first-order valence-electron chi connectivity index (χ1n) is 17.4. The van der Waals surface area contributed by atoms with E-state index >= 15 is 0 Å². The molecule has 6 aliphatic carbocycles. The summed E-state index contributed by atoms with van der Waals surface area (Å²) in [5, 5.41) is 12.8. The SMILES string of the molecule is C=C(C)[C@@H]1CC[C@]2(C(=O)[O-])CC[C@]3(C)C(CCC4[C@@]5(C)CC[C@H](OC(=O)C6CC([C-]=O)C6(C)C)C(C)(C)C5CC[C@]43C)C12.[Na+].[Na+].[OH-]. The Balaban J connectivity index is 0.00000192. The van der Waals surface area contributed by atoms with Gasteiger partial charge in [-0.25, -0.2) is 0 Å². The summed E-state index contributed by atoms with van der Waals surface area (Å²) in [4.78, 5) is 37.6. The van der Waals surface area contributed by atoms with Crippen LogP contribution in [0.15, 0.2) is 12.2 Å². The van der Waals surface area contributed by atoms with Gasteiger partial charge in [-0.15, -0.1) is 5.92 Å². The van der Waals surface area contributed by atoms with Crippen LogP contribution >= 0.6 is 0 Å². The molecule has 12 atom stereocenters. The molecule has 0 amide bonds. The smallest absolute Gasteiger partial charge is 0.870 e. The topological polar surface area (TPSA) is 114 Å². The van der Waals surface area contributed by atoms with Gasteiger partial charge in [-0.05, 0) is 122 Å². The quantitative estimate of drug-likeness (QED) is 0.188. The first kappa shape index (κ1) is 40.7. The number of carbonyl (C=O) groups is 2. The first-order chi connectivity index (χ1) is 19.9. The van der Waals surface area contributed by atoms with E-state index in [0.717, 1.165) is 69.8 Å². The number of ether oxygens (including phenoxy) is 1. The minimum Gasteiger partial charge on any atom is -0.870 e. The van der Waals surface area contributed by atoms with Crippen molar-refractivity contribution in [2.45, 2.75) is 132 Å². The van der Waals surface area contributed by atoms with Crippen molar-refractivity contribution in [3.8, 4) is 0 Å². The molecule has 6 saturated carbocycles. The van der Waals surface area contributed by atoms with Crippen molar-refractivity contribution in [3.63, 3.8) is 0 Å². The number of hydrogen-bond acceptors (Lipinski definition) is 6. The molecule has 0 spiro atoms. The average Bonchev–Trinajstić information content (AvgIpc) is 3.32. The number of carboxylic acid groups (broad SMARTS) is 1. The van der Waals surface area contributed by atoms with Crippen LogP contribution in [0.1, 0.15) is 126 Å². The third kappa shape index (κ3) is 5.29. The van der Waals surface area contributed by atoms with E-state index in [-0.39, 0.29) is 127 Å². The van der Waals surface area contributed by atoms with Crippen molar-refractivity contribution in [1.29, 1.82) is 0 Å². The maximum Gasteiger partial charge on any atom is 1.00 e. The Hall–Kier alpha value is 0.310. The van der Waals surface area contributed by atoms with Crippen LogP contribution in [-0.4, -0.2) is 29.8 Å². The van der Waals surface area contributed by atoms with Crippen LogP contribution in [0, 0.1) is 73.9 Å². The normalized spacial score (nSPS) is 47.7. The van der Waals surface area contributed by atoms with Crippen molar-refractivity contribution in [2.75, 3.05) is 0 Å². The third-order valence-electron chi connectivity index (χ3n) is 16.4.